The number of nitrogens with zero attached hydrogens (tertiary/aromatic N) is 1. The standard InChI is InChI=1S/C13H9NOS3/c15-10(12-6-3-7-16-12)8-17-13-14-9-4-1-2-5-11(9)18-13/h1-7H,8H2. The second-order valence-electron chi connectivity index (χ2n) is 3.64. The topological polar surface area (TPSA) is 30.0 Å². The van der Waals surface area contributed by atoms with Crippen molar-refractivity contribution < 1.29 is 4.79 Å². The molecular formula is C13H9NOS3. The molecule has 90 valence electrons. The third-order valence-electron chi connectivity index (χ3n) is 2.40. The van der Waals surface area contributed by atoms with Gasteiger partial charge in [-0.15, -0.1) is 22.7 Å². The van der Waals surface area contributed by atoms with Crippen LogP contribution in [0.15, 0.2) is 46.1 Å². The molecule has 5 heteroatoms. The predicted octanol–water partition coefficient (Wildman–Crippen LogP) is 4.33. The van der Waals surface area contributed by atoms with Crippen LogP contribution in [-0.2, 0) is 0 Å². The van der Waals surface area contributed by atoms with Crippen molar-refractivity contribution in [2.75, 3.05) is 5.75 Å². The molecule has 0 unspecified atom stereocenters. The number of para-hydroxylation sites is 1. The first kappa shape index (κ1) is 11.9. The van der Waals surface area contributed by atoms with E-state index in [0.717, 1.165) is 14.7 Å². The zero-order valence-corrected chi connectivity index (χ0v) is 11.8. The normalized spacial score (nSPS) is 10.9. The summed E-state index contributed by atoms with van der Waals surface area (Å²) in [6, 6.07) is 11.8. The maximum atomic E-state index is 11.9. The largest absolute Gasteiger partial charge is 0.292 e. The maximum absolute atomic E-state index is 11.9. The Labute approximate surface area is 117 Å². The molecule has 0 saturated carbocycles. The fraction of sp³-hybridized carbons (Fsp3) is 0.0769. The van der Waals surface area contributed by atoms with Crippen LogP contribution in [0.25, 0.3) is 10.2 Å². The van der Waals surface area contributed by atoms with E-state index in [9.17, 15) is 4.79 Å². The molecule has 0 fully saturated rings. The average molecular weight is 291 g/mol. The number of fused-ring (bicyclic) bond motifs is 1. The summed E-state index contributed by atoms with van der Waals surface area (Å²) in [6.45, 7) is 0. The minimum absolute atomic E-state index is 0.175. The fourth-order valence-electron chi connectivity index (χ4n) is 1.55. The molecule has 2 heterocycles. The lowest BCUT2D eigenvalue weighted by Gasteiger charge is -1.94. The number of Topliss-reactive ketones (excluding diaryl/α,β-unsaturated/α-hetero) is 1. The van der Waals surface area contributed by atoms with E-state index in [2.05, 4.69) is 11.1 Å². The van der Waals surface area contributed by atoms with Gasteiger partial charge >= 0.3 is 0 Å². The van der Waals surface area contributed by atoms with Crippen LogP contribution in [-0.4, -0.2) is 16.5 Å². The number of thiophene rings is 1. The Morgan fingerprint density at radius 1 is 1.22 bits per heavy atom. The Balaban J connectivity index is 1.71. The van der Waals surface area contributed by atoms with Gasteiger partial charge in [-0.2, -0.15) is 0 Å². The molecule has 0 amide bonds. The van der Waals surface area contributed by atoms with Gasteiger partial charge in [0.25, 0.3) is 0 Å². The van der Waals surface area contributed by atoms with Crippen molar-refractivity contribution in [3.8, 4) is 0 Å². The number of hydrogen-bond donors (Lipinski definition) is 0. The first-order valence-corrected chi connectivity index (χ1v) is 8.06. The van der Waals surface area contributed by atoms with Crippen molar-refractivity contribution in [2.24, 2.45) is 0 Å². The van der Waals surface area contributed by atoms with Gasteiger partial charge in [-0.3, -0.25) is 4.79 Å². The zero-order chi connectivity index (χ0) is 12.4. The smallest absolute Gasteiger partial charge is 0.183 e. The van der Waals surface area contributed by atoms with E-state index in [0.29, 0.717) is 5.75 Å². The fourth-order valence-corrected chi connectivity index (χ4v) is 4.26. The van der Waals surface area contributed by atoms with Crippen LogP contribution in [0.5, 0.6) is 0 Å². The number of hydrogen-bond acceptors (Lipinski definition) is 5. The summed E-state index contributed by atoms with van der Waals surface area (Å²) < 4.78 is 2.13. The molecular weight excluding hydrogens is 282 g/mol. The van der Waals surface area contributed by atoms with Crippen LogP contribution >= 0.6 is 34.4 Å². The van der Waals surface area contributed by atoms with Gasteiger partial charge in [0.15, 0.2) is 10.1 Å². The Morgan fingerprint density at radius 2 is 2.11 bits per heavy atom. The molecule has 3 aromatic rings. The summed E-state index contributed by atoms with van der Waals surface area (Å²) in [4.78, 5) is 17.2. The molecule has 0 N–H and O–H groups in total. The number of carbonyl (C=O) groups excluding carboxylic acids is 1. The Morgan fingerprint density at radius 3 is 2.89 bits per heavy atom. The summed E-state index contributed by atoms with van der Waals surface area (Å²) in [6.07, 6.45) is 0. The quantitative estimate of drug-likeness (QED) is 0.529. The minimum atomic E-state index is 0.175. The van der Waals surface area contributed by atoms with Crippen molar-refractivity contribution in [1.82, 2.24) is 4.98 Å². The molecule has 0 atom stereocenters. The number of rotatable bonds is 4. The molecule has 3 rings (SSSR count). The van der Waals surface area contributed by atoms with E-state index in [1.54, 1.807) is 11.3 Å². The van der Waals surface area contributed by atoms with Gasteiger partial charge < -0.3 is 0 Å². The lowest BCUT2D eigenvalue weighted by atomic mass is 10.3. The second kappa shape index (κ2) is 5.22. The van der Waals surface area contributed by atoms with Gasteiger partial charge in [0.1, 0.15) is 0 Å². The molecule has 0 aliphatic heterocycles. The number of aromatic nitrogens is 1. The van der Waals surface area contributed by atoms with Gasteiger partial charge in [0.2, 0.25) is 0 Å². The number of benzene rings is 1. The summed E-state index contributed by atoms with van der Waals surface area (Å²) in [5.74, 6) is 0.634. The van der Waals surface area contributed by atoms with Crippen LogP contribution in [0.3, 0.4) is 0 Å². The Kier molecular flexibility index (Phi) is 3.45. The van der Waals surface area contributed by atoms with Crippen molar-refractivity contribution in [3.05, 3.63) is 46.7 Å². The summed E-state index contributed by atoms with van der Waals surface area (Å²) >= 11 is 4.65. The third-order valence-corrected chi connectivity index (χ3v) is 5.49. The summed E-state index contributed by atoms with van der Waals surface area (Å²) in [7, 11) is 0. The lowest BCUT2D eigenvalue weighted by molar-refractivity contribution is 0.102. The van der Waals surface area contributed by atoms with E-state index in [1.807, 2.05) is 35.7 Å². The van der Waals surface area contributed by atoms with Crippen LogP contribution in [0.4, 0.5) is 0 Å². The molecule has 0 radical (unpaired) electrons. The van der Waals surface area contributed by atoms with Gasteiger partial charge in [-0.05, 0) is 23.6 Å². The molecule has 0 aliphatic carbocycles. The van der Waals surface area contributed by atoms with Crippen molar-refractivity contribution in [3.63, 3.8) is 0 Å². The summed E-state index contributed by atoms with van der Waals surface area (Å²) in [5, 5.41) is 1.93. The minimum Gasteiger partial charge on any atom is -0.292 e. The lowest BCUT2D eigenvalue weighted by Crippen LogP contribution is -1.98. The Bertz CT molecular complexity index is 639. The van der Waals surface area contributed by atoms with E-state index >= 15 is 0 Å². The van der Waals surface area contributed by atoms with E-state index in [-0.39, 0.29) is 5.78 Å². The van der Waals surface area contributed by atoms with Crippen LogP contribution in [0.1, 0.15) is 9.67 Å². The average Bonchev–Trinajstić information content (AvgIpc) is 3.04. The number of ketones is 1. The highest BCUT2D eigenvalue weighted by Gasteiger charge is 2.10. The molecule has 2 aromatic heterocycles. The van der Waals surface area contributed by atoms with Gasteiger partial charge in [0.05, 0.1) is 20.8 Å². The van der Waals surface area contributed by atoms with Gasteiger partial charge in [-0.1, -0.05) is 30.0 Å². The maximum Gasteiger partial charge on any atom is 0.183 e. The number of carbonyl (C=O) groups is 1. The number of thiazole rings is 1. The van der Waals surface area contributed by atoms with E-state index in [1.165, 1.54) is 27.8 Å². The molecule has 1 aromatic carbocycles. The molecule has 0 spiro atoms. The van der Waals surface area contributed by atoms with E-state index in [4.69, 9.17) is 0 Å². The highest BCUT2D eigenvalue weighted by atomic mass is 32.2. The highest BCUT2D eigenvalue weighted by Crippen LogP contribution is 2.29. The van der Waals surface area contributed by atoms with Crippen molar-refractivity contribution in [1.29, 1.82) is 0 Å². The first-order valence-electron chi connectivity index (χ1n) is 5.38. The zero-order valence-electron chi connectivity index (χ0n) is 9.33. The monoisotopic (exact) mass is 291 g/mol. The first-order chi connectivity index (χ1) is 8.83. The molecule has 0 aliphatic rings. The molecule has 2 nitrogen and oxygen atoms in total. The second-order valence-corrected chi connectivity index (χ2v) is 6.84. The van der Waals surface area contributed by atoms with Gasteiger partial charge in [0, 0.05) is 0 Å². The van der Waals surface area contributed by atoms with Gasteiger partial charge in [-0.25, -0.2) is 4.98 Å². The Hall–Kier alpha value is -1.17. The van der Waals surface area contributed by atoms with Crippen molar-refractivity contribution >= 4 is 50.4 Å². The van der Waals surface area contributed by atoms with Crippen LogP contribution in [0.2, 0.25) is 0 Å². The van der Waals surface area contributed by atoms with Crippen LogP contribution in [0, 0.1) is 0 Å². The highest BCUT2D eigenvalue weighted by molar-refractivity contribution is 8.01. The van der Waals surface area contributed by atoms with Crippen molar-refractivity contribution in [2.45, 2.75) is 4.34 Å². The molecule has 0 saturated heterocycles. The predicted molar refractivity (Wildman–Crippen MR) is 79.0 cm³/mol. The van der Waals surface area contributed by atoms with Crippen LogP contribution < -0.4 is 0 Å². The summed E-state index contributed by atoms with van der Waals surface area (Å²) in [5.41, 5.74) is 1.01. The SMILES string of the molecule is O=C(CSc1nc2ccccc2s1)c1cccs1. The molecule has 0 bridgehead atoms. The third kappa shape index (κ3) is 2.48. The number of thioether (sulfide) groups is 1. The molecule has 18 heavy (non-hydrogen) atoms. The van der Waals surface area contributed by atoms with E-state index < -0.39 is 0 Å².